The van der Waals surface area contributed by atoms with Crippen molar-refractivity contribution in [2.75, 3.05) is 37.9 Å². The summed E-state index contributed by atoms with van der Waals surface area (Å²) >= 11 is 0. The Morgan fingerprint density at radius 3 is 2.41 bits per heavy atom. The third-order valence-electron chi connectivity index (χ3n) is 7.16. The van der Waals surface area contributed by atoms with Gasteiger partial charge in [-0.3, -0.25) is 4.79 Å². The summed E-state index contributed by atoms with van der Waals surface area (Å²) in [6.07, 6.45) is -1.84. The number of amides is 1. The van der Waals surface area contributed by atoms with Gasteiger partial charge in [0, 0.05) is 36.7 Å². The van der Waals surface area contributed by atoms with Gasteiger partial charge in [0.25, 0.3) is 0 Å². The number of methoxy groups -OCH3 is 1. The quantitative estimate of drug-likeness (QED) is 0.432. The van der Waals surface area contributed by atoms with E-state index in [4.69, 9.17) is 9.47 Å². The number of likely N-dealkylation sites (tertiary alicyclic amines) is 1. The van der Waals surface area contributed by atoms with Crippen LogP contribution in [0.4, 0.5) is 30.5 Å². The molecule has 0 atom stereocenters. The molecule has 1 aromatic heterocycles. The standard InChI is InChI=1S/C28H30F3N5O3/c1-36-11-9-17(10-12-36)25(37)33-20-7-8-23(24(15-20)38-2)34-27-32-16-22(28(29,30)31)26(35-27)39-21-13-18-5-3-4-6-19(18)14-21/h3-8,15-17,21H,9-14H2,1-2H3,(H,33,37)(H,32,34,35). The number of anilines is 3. The maximum atomic E-state index is 13.7. The number of piperidine rings is 1. The van der Waals surface area contributed by atoms with Crippen LogP contribution in [0.1, 0.15) is 29.5 Å². The summed E-state index contributed by atoms with van der Waals surface area (Å²) in [5.41, 5.74) is 2.05. The van der Waals surface area contributed by atoms with Crippen LogP contribution in [-0.4, -0.2) is 54.1 Å². The number of hydrogen-bond acceptors (Lipinski definition) is 7. The van der Waals surface area contributed by atoms with Crippen LogP contribution in [0.5, 0.6) is 11.6 Å². The highest BCUT2D eigenvalue weighted by Gasteiger charge is 2.37. The average molecular weight is 542 g/mol. The first-order chi connectivity index (χ1) is 18.7. The largest absolute Gasteiger partial charge is 0.494 e. The first kappa shape index (κ1) is 26.7. The molecule has 1 fully saturated rings. The van der Waals surface area contributed by atoms with Crippen molar-refractivity contribution >= 4 is 23.2 Å². The molecule has 0 saturated carbocycles. The monoisotopic (exact) mass is 541 g/mol. The molecule has 2 heterocycles. The van der Waals surface area contributed by atoms with Crippen molar-refractivity contribution in [2.45, 2.75) is 38.0 Å². The van der Waals surface area contributed by atoms with E-state index in [2.05, 4.69) is 25.5 Å². The van der Waals surface area contributed by atoms with Crippen molar-refractivity contribution in [3.63, 3.8) is 0 Å². The van der Waals surface area contributed by atoms with E-state index in [0.29, 0.717) is 30.0 Å². The zero-order valence-corrected chi connectivity index (χ0v) is 21.7. The highest BCUT2D eigenvalue weighted by molar-refractivity contribution is 5.93. The number of rotatable bonds is 7. The molecule has 2 aromatic carbocycles. The van der Waals surface area contributed by atoms with Gasteiger partial charge in [-0.05, 0) is 56.2 Å². The molecule has 1 amide bonds. The number of hydrogen-bond donors (Lipinski definition) is 2. The molecule has 206 valence electrons. The number of carbonyl (C=O) groups is 1. The highest BCUT2D eigenvalue weighted by atomic mass is 19.4. The summed E-state index contributed by atoms with van der Waals surface area (Å²) in [4.78, 5) is 22.9. The second-order valence-electron chi connectivity index (χ2n) is 9.93. The molecular weight excluding hydrogens is 511 g/mol. The normalized spacial score (nSPS) is 16.5. The number of nitrogens with one attached hydrogen (secondary N) is 2. The Kier molecular flexibility index (Phi) is 7.60. The second kappa shape index (κ2) is 11.1. The molecule has 1 aliphatic heterocycles. The summed E-state index contributed by atoms with van der Waals surface area (Å²) < 4.78 is 52.4. The predicted octanol–water partition coefficient (Wildman–Crippen LogP) is 5.07. The molecule has 0 spiro atoms. The second-order valence-corrected chi connectivity index (χ2v) is 9.93. The van der Waals surface area contributed by atoms with E-state index in [-0.39, 0.29) is 17.8 Å². The Balaban J connectivity index is 1.32. The van der Waals surface area contributed by atoms with Crippen molar-refractivity contribution in [3.8, 4) is 11.6 Å². The number of ether oxygens (including phenoxy) is 2. The Morgan fingerprint density at radius 1 is 1.08 bits per heavy atom. The number of alkyl halides is 3. The zero-order chi connectivity index (χ0) is 27.6. The van der Waals surface area contributed by atoms with Crippen LogP contribution in [0.15, 0.2) is 48.7 Å². The molecule has 5 rings (SSSR count). The highest BCUT2D eigenvalue weighted by Crippen LogP contribution is 2.38. The molecule has 1 saturated heterocycles. The lowest BCUT2D eigenvalue weighted by atomic mass is 9.96. The minimum atomic E-state index is -4.68. The molecule has 0 bridgehead atoms. The third-order valence-corrected chi connectivity index (χ3v) is 7.16. The topological polar surface area (TPSA) is 88.6 Å². The van der Waals surface area contributed by atoms with Crippen LogP contribution in [-0.2, 0) is 23.8 Å². The Bertz CT molecular complexity index is 1320. The summed E-state index contributed by atoms with van der Waals surface area (Å²) in [6.45, 7) is 1.74. The summed E-state index contributed by atoms with van der Waals surface area (Å²) in [5, 5.41) is 5.85. The van der Waals surface area contributed by atoms with Gasteiger partial charge in [-0.2, -0.15) is 18.2 Å². The van der Waals surface area contributed by atoms with Crippen LogP contribution in [0.25, 0.3) is 0 Å². The molecule has 0 radical (unpaired) electrons. The Labute approximate surface area is 224 Å². The summed E-state index contributed by atoms with van der Waals surface area (Å²) in [5.74, 6) is -0.341. The minimum Gasteiger partial charge on any atom is -0.494 e. The number of aromatic nitrogens is 2. The molecule has 11 heteroatoms. The predicted molar refractivity (Wildman–Crippen MR) is 140 cm³/mol. The Hall–Kier alpha value is -3.86. The fraction of sp³-hybridized carbons (Fsp3) is 0.393. The smallest absolute Gasteiger partial charge is 0.423 e. The number of carbonyl (C=O) groups excluding carboxylic acids is 1. The third kappa shape index (κ3) is 6.25. The first-order valence-corrected chi connectivity index (χ1v) is 12.8. The van der Waals surface area contributed by atoms with Crippen molar-refractivity contribution in [1.82, 2.24) is 14.9 Å². The van der Waals surface area contributed by atoms with E-state index >= 15 is 0 Å². The van der Waals surface area contributed by atoms with Crippen LogP contribution >= 0.6 is 0 Å². The van der Waals surface area contributed by atoms with Crippen LogP contribution in [0, 0.1) is 5.92 Å². The van der Waals surface area contributed by atoms with Gasteiger partial charge in [-0.25, -0.2) is 4.98 Å². The van der Waals surface area contributed by atoms with Crippen LogP contribution < -0.4 is 20.1 Å². The Morgan fingerprint density at radius 2 is 1.77 bits per heavy atom. The minimum absolute atomic E-state index is 0.0483. The van der Waals surface area contributed by atoms with Crippen molar-refractivity contribution in [3.05, 3.63) is 65.4 Å². The SMILES string of the molecule is COc1cc(NC(=O)C2CCN(C)CC2)ccc1Nc1ncc(C(F)(F)F)c(OC2Cc3ccccc3C2)n1. The number of halogens is 3. The average Bonchev–Trinajstić information content (AvgIpc) is 3.31. The van der Waals surface area contributed by atoms with Gasteiger partial charge in [0.1, 0.15) is 17.4 Å². The van der Waals surface area contributed by atoms with Crippen LogP contribution in [0.2, 0.25) is 0 Å². The van der Waals surface area contributed by atoms with Gasteiger partial charge >= 0.3 is 6.18 Å². The maximum Gasteiger partial charge on any atom is 0.423 e. The van der Waals surface area contributed by atoms with Crippen LogP contribution in [0.3, 0.4) is 0 Å². The van der Waals surface area contributed by atoms with Crippen molar-refractivity contribution in [2.24, 2.45) is 5.92 Å². The van der Waals surface area contributed by atoms with Gasteiger partial charge in [0.2, 0.25) is 17.7 Å². The van der Waals surface area contributed by atoms with Gasteiger partial charge in [0.05, 0.1) is 12.8 Å². The molecule has 3 aromatic rings. The molecule has 8 nitrogen and oxygen atoms in total. The van der Waals surface area contributed by atoms with Gasteiger partial charge in [-0.1, -0.05) is 24.3 Å². The molecule has 2 N–H and O–H groups in total. The lowest BCUT2D eigenvalue weighted by Crippen LogP contribution is -2.35. The summed E-state index contributed by atoms with van der Waals surface area (Å²) in [7, 11) is 3.50. The van der Waals surface area contributed by atoms with E-state index in [1.807, 2.05) is 31.3 Å². The van der Waals surface area contributed by atoms with E-state index in [1.54, 1.807) is 18.2 Å². The molecule has 2 aliphatic rings. The van der Waals surface area contributed by atoms with Gasteiger partial charge in [0.15, 0.2) is 0 Å². The van der Waals surface area contributed by atoms with Crippen molar-refractivity contribution < 1.29 is 27.4 Å². The van der Waals surface area contributed by atoms with Crippen molar-refractivity contribution in [1.29, 1.82) is 0 Å². The van der Waals surface area contributed by atoms with E-state index in [1.165, 1.54) is 7.11 Å². The lowest BCUT2D eigenvalue weighted by molar-refractivity contribution is -0.139. The maximum absolute atomic E-state index is 13.7. The molecule has 0 unspecified atom stereocenters. The van der Waals surface area contributed by atoms with E-state index in [9.17, 15) is 18.0 Å². The molecule has 1 aliphatic carbocycles. The van der Waals surface area contributed by atoms with E-state index in [0.717, 1.165) is 43.3 Å². The van der Waals surface area contributed by atoms with Gasteiger partial charge < -0.3 is 25.0 Å². The molecular formula is C28H30F3N5O3. The molecule has 39 heavy (non-hydrogen) atoms. The van der Waals surface area contributed by atoms with E-state index < -0.39 is 23.7 Å². The number of fused-ring (bicyclic) bond motifs is 1. The fourth-order valence-corrected chi connectivity index (χ4v) is 4.98. The lowest BCUT2D eigenvalue weighted by Gasteiger charge is -2.28. The zero-order valence-electron chi connectivity index (χ0n) is 21.7. The number of nitrogens with zero attached hydrogens (tertiary/aromatic N) is 3. The fourth-order valence-electron chi connectivity index (χ4n) is 4.98. The first-order valence-electron chi connectivity index (χ1n) is 12.8. The number of benzene rings is 2. The summed E-state index contributed by atoms with van der Waals surface area (Å²) in [6, 6.07) is 12.7. The van der Waals surface area contributed by atoms with Gasteiger partial charge in [-0.15, -0.1) is 0 Å².